The molecule has 5 heteroatoms. The molecule has 25 heavy (non-hydrogen) atoms. The van der Waals surface area contributed by atoms with E-state index in [-0.39, 0.29) is 11.3 Å². The van der Waals surface area contributed by atoms with E-state index in [0.29, 0.717) is 5.56 Å². The second kappa shape index (κ2) is 6.99. The lowest BCUT2D eigenvalue weighted by molar-refractivity contribution is 0.0996. The van der Waals surface area contributed by atoms with Crippen molar-refractivity contribution in [3.63, 3.8) is 0 Å². The Morgan fingerprint density at radius 2 is 2.00 bits per heavy atom. The zero-order chi connectivity index (χ0) is 18.4. The molecule has 1 amide bonds. The number of hydrogen-bond acceptors (Lipinski definition) is 2. The van der Waals surface area contributed by atoms with Gasteiger partial charge in [0.2, 0.25) is 0 Å². The van der Waals surface area contributed by atoms with Crippen LogP contribution in [0.2, 0.25) is 0 Å². The molecule has 1 aliphatic rings. The fourth-order valence-corrected chi connectivity index (χ4v) is 4.79. The Hall–Kier alpha value is -0.950. The van der Waals surface area contributed by atoms with Gasteiger partial charge in [0.25, 0.3) is 5.91 Å². The molecule has 0 saturated heterocycles. The first-order valence-corrected chi connectivity index (χ1v) is 10.6. The molecule has 0 unspecified atom stereocenters. The number of benzene rings is 1. The molecule has 0 radical (unpaired) electrons. The van der Waals surface area contributed by atoms with Gasteiger partial charge >= 0.3 is 0 Å². The highest BCUT2D eigenvalue weighted by Crippen LogP contribution is 2.33. The Bertz CT molecular complexity index is 882. The van der Waals surface area contributed by atoms with Crippen LogP contribution in [-0.4, -0.2) is 10.5 Å². The third kappa shape index (κ3) is 4.08. The molecule has 1 saturated carbocycles. The molecule has 0 atom stereocenters. The number of rotatable bonds is 3. The molecule has 134 valence electrons. The number of thiazole rings is 1. The molecule has 3 nitrogen and oxygen atoms in total. The van der Waals surface area contributed by atoms with Crippen LogP contribution in [-0.2, 0) is 12.0 Å². The highest BCUT2D eigenvalue weighted by molar-refractivity contribution is 14.1. The molecular weight excluding hydrogens is 443 g/mol. The minimum atomic E-state index is -0.139. The lowest BCUT2D eigenvalue weighted by Gasteiger charge is -2.17. The maximum atomic E-state index is 12.8. The SMILES string of the molecule is Cc1cccc(C(=O)/N=c2\sc(C(C)(C)C)c(C)n2CC2CC2)c1I. The van der Waals surface area contributed by atoms with E-state index in [9.17, 15) is 4.79 Å². The van der Waals surface area contributed by atoms with Crippen LogP contribution in [0.5, 0.6) is 0 Å². The van der Waals surface area contributed by atoms with Crippen molar-refractivity contribution >= 4 is 39.8 Å². The Morgan fingerprint density at radius 1 is 1.32 bits per heavy atom. The molecule has 1 fully saturated rings. The number of carbonyl (C=O) groups excluding carboxylic acids is 1. The number of carbonyl (C=O) groups is 1. The quantitative estimate of drug-likeness (QED) is 0.569. The summed E-state index contributed by atoms with van der Waals surface area (Å²) in [5.41, 5.74) is 3.14. The Kier molecular flexibility index (Phi) is 5.26. The van der Waals surface area contributed by atoms with Crippen molar-refractivity contribution in [3.8, 4) is 0 Å². The van der Waals surface area contributed by atoms with Crippen LogP contribution >= 0.6 is 33.9 Å². The van der Waals surface area contributed by atoms with Gasteiger partial charge < -0.3 is 4.57 Å². The number of nitrogens with zero attached hydrogens (tertiary/aromatic N) is 2. The van der Waals surface area contributed by atoms with Gasteiger partial charge in [-0.2, -0.15) is 4.99 Å². The van der Waals surface area contributed by atoms with Gasteiger partial charge in [0.15, 0.2) is 4.80 Å². The van der Waals surface area contributed by atoms with Crippen molar-refractivity contribution in [2.45, 2.75) is 59.4 Å². The minimum absolute atomic E-state index is 0.0641. The fraction of sp³-hybridized carbons (Fsp3) is 0.500. The molecule has 0 bridgehead atoms. The first kappa shape index (κ1) is 18.8. The van der Waals surface area contributed by atoms with Crippen molar-refractivity contribution in [2.24, 2.45) is 10.9 Å². The van der Waals surface area contributed by atoms with Gasteiger partial charge in [0.05, 0.1) is 5.56 Å². The Labute approximate surface area is 167 Å². The van der Waals surface area contributed by atoms with Crippen LogP contribution < -0.4 is 4.80 Å². The lowest BCUT2D eigenvalue weighted by atomic mass is 9.93. The molecule has 1 aromatic heterocycles. The summed E-state index contributed by atoms with van der Waals surface area (Å²) in [5, 5.41) is 0. The summed E-state index contributed by atoms with van der Waals surface area (Å²) in [4.78, 5) is 19.5. The summed E-state index contributed by atoms with van der Waals surface area (Å²) < 4.78 is 3.26. The van der Waals surface area contributed by atoms with Crippen LogP contribution in [0.3, 0.4) is 0 Å². The van der Waals surface area contributed by atoms with Crippen molar-refractivity contribution in [3.05, 3.63) is 48.3 Å². The van der Waals surface area contributed by atoms with Gasteiger partial charge in [-0.25, -0.2) is 0 Å². The second-order valence-corrected chi connectivity index (χ2v) is 10.0. The molecular formula is C20H25IN2OS. The number of amides is 1. The standard InChI is InChI=1S/C20H25IN2OS/c1-12-7-6-8-15(16(12)21)18(24)22-19-23(11-14-9-10-14)13(2)17(25-19)20(3,4)5/h6-8,14H,9-11H2,1-5H3/b22-19-. The van der Waals surface area contributed by atoms with Crippen molar-refractivity contribution in [1.29, 1.82) is 0 Å². The molecule has 3 rings (SSSR count). The third-order valence-corrected chi connectivity index (χ3v) is 7.63. The zero-order valence-corrected chi connectivity index (χ0v) is 18.5. The van der Waals surface area contributed by atoms with E-state index < -0.39 is 0 Å². The summed E-state index contributed by atoms with van der Waals surface area (Å²) in [7, 11) is 0. The molecule has 1 aliphatic carbocycles. The molecule has 2 aromatic rings. The Morgan fingerprint density at radius 3 is 2.60 bits per heavy atom. The maximum Gasteiger partial charge on any atom is 0.280 e. The van der Waals surface area contributed by atoms with Crippen LogP contribution in [0.15, 0.2) is 23.2 Å². The first-order chi connectivity index (χ1) is 11.7. The van der Waals surface area contributed by atoms with E-state index in [2.05, 4.69) is 59.8 Å². The van der Waals surface area contributed by atoms with Crippen LogP contribution in [0, 0.1) is 23.3 Å². The Balaban J connectivity index is 2.09. The summed E-state index contributed by atoms with van der Waals surface area (Å²) in [5.74, 6) is 0.605. The maximum absolute atomic E-state index is 12.8. The predicted octanol–water partition coefficient (Wildman–Crippen LogP) is 5.22. The summed E-state index contributed by atoms with van der Waals surface area (Å²) in [6.07, 6.45) is 2.58. The first-order valence-electron chi connectivity index (χ1n) is 8.73. The smallest absolute Gasteiger partial charge is 0.280 e. The second-order valence-electron chi connectivity index (χ2n) is 7.96. The van der Waals surface area contributed by atoms with Gasteiger partial charge in [-0.1, -0.05) is 32.9 Å². The number of hydrogen-bond donors (Lipinski definition) is 0. The van der Waals surface area contributed by atoms with Crippen LogP contribution in [0.1, 0.15) is 60.1 Å². The molecule has 0 N–H and O–H groups in total. The van der Waals surface area contributed by atoms with E-state index in [1.807, 2.05) is 25.1 Å². The van der Waals surface area contributed by atoms with Gasteiger partial charge in [0.1, 0.15) is 0 Å². The average molecular weight is 468 g/mol. The molecule has 0 aliphatic heterocycles. The lowest BCUT2D eigenvalue weighted by Crippen LogP contribution is -2.20. The molecule has 1 heterocycles. The normalized spacial score (nSPS) is 15.7. The van der Waals surface area contributed by atoms with Crippen molar-refractivity contribution in [1.82, 2.24) is 4.57 Å². The highest BCUT2D eigenvalue weighted by Gasteiger charge is 2.27. The average Bonchev–Trinajstić information content (AvgIpc) is 3.28. The zero-order valence-electron chi connectivity index (χ0n) is 15.5. The van der Waals surface area contributed by atoms with E-state index in [1.165, 1.54) is 23.4 Å². The number of halogens is 1. The topological polar surface area (TPSA) is 34.4 Å². The van der Waals surface area contributed by atoms with Crippen molar-refractivity contribution < 1.29 is 4.79 Å². The highest BCUT2D eigenvalue weighted by atomic mass is 127. The van der Waals surface area contributed by atoms with E-state index in [0.717, 1.165) is 26.4 Å². The van der Waals surface area contributed by atoms with Crippen LogP contribution in [0.4, 0.5) is 0 Å². The summed E-state index contributed by atoms with van der Waals surface area (Å²) in [6.45, 7) is 11.8. The molecule has 0 spiro atoms. The third-order valence-electron chi connectivity index (χ3n) is 4.60. The van der Waals surface area contributed by atoms with Gasteiger partial charge in [-0.15, -0.1) is 11.3 Å². The van der Waals surface area contributed by atoms with E-state index in [4.69, 9.17) is 0 Å². The van der Waals surface area contributed by atoms with Gasteiger partial charge in [0, 0.05) is 20.7 Å². The van der Waals surface area contributed by atoms with Gasteiger partial charge in [-0.3, -0.25) is 4.79 Å². The summed E-state index contributed by atoms with van der Waals surface area (Å²) >= 11 is 3.91. The predicted molar refractivity (Wildman–Crippen MR) is 112 cm³/mol. The van der Waals surface area contributed by atoms with Crippen LogP contribution in [0.25, 0.3) is 0 Å². The molecule has 1 aromatic carbocycles. The van der Waals surface area contributed by atoms with E-state index >= 15 is 0 Å². The number of aryl methyl sites for hydroxylation is 1. The number of aromatic nitrogens is 1. The largest absolute Gasteiger partial charge is 0.320 e. The minimum Gasteiger partial charge on any atom is -0.320 e. The van der Waals surface area contributed by atoms with Crippen molar-refractivity contribution in [2.75, 3.05) is 0 Å². The monoisotopic (exact) mass is 468 g/mol. The van der Waals surface area contributed by atoms with Gasteiger partial charge in [-0.05, 0) is 72.2 Å². The van der Waals surface area contributed by atoms with E-state index in [1.54, 1.807) is 11.3 Å². The summed E-state index contributed by atoms with van der Waals surface area (Å²) in [6, 6.07) is 5.83. The fourth-order valence-electron chi connectivity index (χ4n) is 3.00.